The summed E-state index contributed by atoms with van der Waals surface area (Å²) in [6.07, 6.45) is -4.68. The van der Waals surface area contributed by atoms with E-state index >= 15 is 0 Å². The molecule has 0 aromatic heterocycles. The number of aliphatic hydroxyl groups excluding tert-OH is 4. The van der Waals surface area contributed by atoms with Crippen molar-refractivity contribution in [2.75, 3.05) is 13.7 Å². The van der Waals surface area contributed by atoms with Gasteiger partial charge in [0.2, 0.25) is 0 Å². The van der Waals surface area contributed by atoms with Gasteiger partial charge in [0.05, 0.1) is 42.6 Å². The van der Waals surface area contributed by atoms with E-state index in [1.807, 2.05) is 76.2 Å². The molecule has 1 amide bonds. The molecule has 12 nitrogen and oxygen atoms in total. The zero-order chi connectivity index (χ0) is 37.0. The highest BCUT2D eigenvalue weighted by molar-refractivity contribution is 5.79. The first-order valence-electron chi connectivity index (χ1n) is 18.0. The number of hydrogen-bond donors (Lipinski definition) is 6. The number of amides is 1. The predicted octanol–water partition coefficient (Wildman–Crippen LogP) is 3.57. The molecule has 0 radical (unpaired) electrons. The molecule has 2 aromatic rings. The Bertz CT molecular complexity index is 1440. The molecule has 2 fully saturated rings. The zero-order valence-corrected chi connectivity index (χ0v) is 30.4. The van der Waals surface area contributed by atoms with Gasteiger partial charge in [-0.05, 0) is 41.0 Å². The molecule has 12 heteroatoms. The van der Waals surface area contributed by atoms with Crippen LogP contribution in [0.25, 0.3) is 11.1 Å². The van der Waals surface area contributed by atoms with Crippen molar-refractivity contribution in [3.05, 3.63) is 71.8 Å². The molecule has 0 spiro atoms. The summed E-state index contributed by atoms with van der Waals surface area (Å²) in [6, 6.07) is 14.1. The molecule has 2 heterocycles. The lowest BCUT2D eigenvalue weighted by Crippen LogP contribution is -2.64. The minimum atomic E-state index is -1.47. The minimum absolute atomic E-state index is 0.0610. The number of allylic oxidation sites excluding steroid dienone is 1. The first kappa shape index (κ1) is 39.3. The number of nitrogens with two attached hydrogens (primary N) is 1. The lowest BCUT2D eigenvalue weighted by atomic mass is 9.86. The van der Waals surface area contributed by atoms with Gasteiger partial charge in [-0.3, -0.25) is 0 Å². The third-order valence-electron chi connectivity index (χ3n) is 10.4. The van der Waals surface area contributed by atoms with Crippen LogP contribution in [0.15, 0.2) is 60.7 Å². The summed E-state index contributed by atoms with van der Waals surface area (Å²) in [7, 11) is 1.48. The second-order valence-electron chi connectivity index (χ2n) is 14.9. The van der Waals surface area contributed by atoms with Gasteiger partial charge < -0.3 is 55.2 Å². The highest BCUT2D eigenvalue weighted by atomic mass is 16.7. The second-order valence-corrected chi connectivity index (χ2v) is 14.9. The molecule has 3 aliphatic rings. The van der Waals surface area contributed by atoms with Crippen LogP contribution in [0.2, 0.25) is 0 Å². The maximum Gasteiger partial charge on any atom is 0.407 e. The van der Waals surface area contributed by atoms with E-state index in [2.05, 4.69) is 17.4 Å². The van der Waals surface area contributed by atoms with Gasteiger partial charge in [0.1, 0.15) is 18.8 Å². The first-order chi connectivity index (χ1) is 24.2. The van der Waals surface area contributed by atoms with Crippen LogP contribution in [-0.2, 0) is 23.7 Å². The maximum atomic E-state index is 13.2. The molecule has 2 aliphatic heterocycles. The molecular formula is C39H56N2O10. The van der Waals surface area contributed by atoms with Crippen LogP contribution in [0.5, 0.6) is 0 Å². The third kappa shape index (κ3) is 9.01. The van der Waals surface area contributed by atoms with Gasteiger partial charge in [-0.25, -0.2) is 4.79 Å². The first-order valence-corrected chi connectivity index (χ1v) is 18.0. The van der Waals surface area contributed by atoms with Crippen LogP contribution in [0.3, 0.4) is 0 Å². The SMILES string of the molecule is COC1(CC(O)C(C)C)C[C@H](O)C(N)[C@H](CC(/C=C/C(C)C)OC2OC(C)C(O)C(NC(=O)OCC3c4ccccc4-c4ccccc43)C2O)O1. The Morgan fingerprint density at radius 3 is 2.24 bits per heavy atom. The minimum Gasteiger partial charge on any atom is -0.449 e. The molecule has 0 bridgehead atoms. The van der Waals surface area contributed by atoms with Crippen molar-refractivity contribution in [3.8, 4) is 11.1 Å². The second kappa shape index (κ2) is 16.8. The Balaban J connectivity index is 1.27. The lowest BCUT2D eigenvalue weighted by molar-refractivity contribution is -0.310. The molecule has 282 valence electrons. The number of carbonyl (C=O) groups is 1. The van der Waals surface area contributed by atoms with E-state index in [1.165, 1.54) is 7.11 Å². The van der Waals surface area contributed by atoms with Gasteiger partial charge >= 0.3 is 6.09 Å². The normalized spacial score (nSPS) is 32.2. The number of carbonyl (C=O) groups excluding carboxylic acids is 1. The Morgan fingerprint density at radius 1 is 1.02 bits per heavy atom. The number of ether oxygens (including phenoxy) is 5. The summed E-state index contributed by atoms with van der Waals surface area (Å²) in [5, 5.41) is 46.8. The van der Waals surface area contributed by atoms with Crippen molar-refractivity contribution in [2.45, 2.75) is 127 Å². The summed E-state index contributed by atoms with van der Waals surface area (Å²) in [4.78, 5) is 13.2. The molecule has 1 aliphatic carbocycles. The van der Waals surface area contributed by atoms with Gasteiger partial charge in [0, 0.05) is 32.3 Å². The van der Waals surface area contributed by atoms with Crippen molar-refractivity contribution < 1.29 is 48.9 Å². The maximum absolute atomic E-state index is 13.2. The highest BCUT2D eigenvalue weighted by Gasteiger charge is 2.49. The van der Waals surface area contributed by atoms with Crippen LogP contribution >= 0.6 is 0 Å². The van der Waals surface area contributed by atoms with Crippen LogP contribution in [0.4, 0.5) is 4.79 Å². The summed E-state index contributed by atoms with van der Waals surface area (Å²) < 4.78 is 30.1. The van der Waals surface area contributed by atoms with Gasteiger partial charge in [-0.2, -0.15) is 0 Å². The number of fused-ring (bicyclic) bond motifs is 3. The van der Waals surface area contributed by atoms with E-state index in [0.717, 1.165) is 22.3 Å². The fourth-order valence-corrected chi connectivity index (χ4v) is 7.23. The summed E-state index contributed by atoms with van der Waals surface area (Å²) in [5.41, 5.74) is 10.8. The van der Waals surface area contributed by atoms with Gasteiger partial charge in [-0.15, -0.1) is 0 Å². The van der Waals surface area contributed by atoms with Gasteiger partial charge in [0.25, 0.3) is 0 Å². The zero-order valence-electron chi connectivity index (χ0n) is 30.4. The fraction of sp³-hybridized carbons (Fsp3) is 0.615. The summed E-state index contributed by atoms with van der Waals surface area (Å²) in [5.74, 6) is -1.33. The molecule has 0 saturated carbocycles. The Labute approximate surface area is 300 Å². The van der Waals surface area contributed by atoms with Crippen molar-refractivity contribution in [1.29, 1.82) is 0 Å². The molecule has 2 saturated heterocycles. The molecule has 2 aromatic carbocycles. The standard InChI is InChI=1S/C39H56N2O10/c1-21(2)15-16-24(17-32-33(40)31(43)19-39(47-6,51-32)18-30(42)22(3)4)50-37-36(45)34(35(44)23(5)49-37)41-38(46)48-20-29-27-13-9-7-11-25(27)26-12-8-10-14-28(26)29/h7-16,21-24,29-37,42-45H,17-20,40H2,1-6H3,(H,41,46)/b16-15+/t23?,24?,30?,31-,32-,33?,34?,35?,36?,37?,39?/m0/s1. The van der Waals surface area contributed by atoms with Crippen molar-refractivity contribution in [3.63, 3.8) is 0 Å². The lowest BCUT2D eigenvalue weighted by Gasteiger charge is -2.47. The molecule has 9 unspecified atom stereocenters. The molecule has 51 heavy (non-hydrogen) atoms. The average Bonchev–Trinajstić information content (AvgIpc) is 3.42. The third-order valence-corrected chi connectivity index (χ3v) is 10.4. The van der Waals surface area contributed by atoms with Crippen molar-refractivity contribution >= 4 is 6.09 Å². The molecular weight excluding hydrogens is 656 g/mol. The Hall–Kier alpha value is -2.91. The number of nitrogens with one attached hydrogen (secondary N) is 1. The van der Waals surface area contributed by atoms with Crippen LogP contribution in [0.1, 0.15) is 70.9 Å². The largest absolute Gasteiger partial charge is 0.449 e. The number of aliphatic hydroxyl groups is 4. The smallest absolute Gasteiger partial charge is 0.407 e. The van der Waals surface area contributed by atoms with E-state index in [9.17, 15) is 25.2 Å². The van der Waals surface area contributed by atoms with Crippen LogP contribution < -0.4 is 11.1 Å². The predicted molar refractivity (Wildman–Crippen MR) is 190 cm³/mol. The van der Waals surface area contributed by atoms with Crippen LogP contribution in [0, 0.1) is 11.8 Å². The number of hydrogen-bond acceptors (Lipinski definition) is 11. The molecule has 5 rings (SSSR count). The Morgan fingerprint density at radius 2 is 1.65 bits per heavy atom. The molecule has 11 atom stereocenters. The Kier molecular flexibility index (Phi) is 13.0. The number of rotatable bonds is 13. The van der Waals surface area contributed by atoms with Gasteiger partial charge in [-0.1, -0.05) is 88.4 Å². The van der Waals surface area contributed by atoms with Crippen molar-refractivity contribution in [1.82, 2.24) is 5.32 Å². The molecule has 7 N–H and O–H groups in total. The van der Waals surface area contributed by atoms with Crippen LogP contribution in [-0.4, -0.2) is 107 Å². The summed E-state index contributed by atoms with van der Waals surface area (Å²) >= 11 is 0. The van der Waals surface area contributed by atoms with E-state index in [0.29, 0.717) is 0 Å². The average molecular weight is 713 g/mol. The number of alkyl carbamates (subject to hydrolysis) is 1. The quantitative estimate of drug-likeness (QED) is 0.167. The summed E-state index contributed by atoms with van der Waals surface area (Å²) in [6.45, 7) is 9.48. The van der Waals surface area contributed by atoms with E-state index in [4.69, 9.17) is 29.4 Å². The van der Waals surface area contributed by atoms with Crippen molar-refractivity contribution in [2.24, 2.45) is 17.6 Å². The van der Waals surface area contributed by atoms with E-state index in [-0.39, 0.29) is 43.6 Å². The highest BCUT2D eigenvalue weighted by Crippen LogP contribution is 2.44. The van der Waals surface area contributed by atoms with Gasteiger partial charge in [0.15, 0.2) is 12.1 Å². The fourth-order valence-electron chi connectivity index (χ4n) is 7.23. The number of benzene rings is 2. The topological polar surface area (TPSA) is 182 Å². The van der Waals surface area contributed by atoms with E-state index < -0.39 is 73.0 Å². The monoisotopic (exact) mass is 712 g/mol. The number of methoxy groups -OCH3 is 1. The van der Waals surface area contributed by atoms with E-state index in [1.54, 1.807) is 6.92 Å².